The maximum Gasteiger partial charge on any atom is 0.335 e. The quantitative estimate of drug-likeness (QED) is 0.778. The van der Waals surface area contributed by atoms with Gasteiger partial charge < -0.3 is 15.7 Å². The van der Waals surface area contributed by atoms with E-state index in [1.54, 1.807) is 12.1 Å². The van der Waals surface area contributed by atoms with Gasteiger partial charge in [0.15, 0.2) is 0 Å². The molecule has 1 fully saturated rings. The van der Waals surface area contributed by atoms with Crippen molar-refractivity contribution in [2.45, 2.75) is 38.2 Å². The van der Waals surface area contributed by atoms with Crippen LogP contribution in [0.1, 0.15) is 41.6 Å². The van der Waals surface area contributed by atoms with Crippen molar-refractivity contribution in [3.05, 3.63) is 35.4 Å². The van der Waals surface area contributed by atoms with Crippen LogP contribution in [0.5, 0.6) is 0 Å². The van der Waals surface area contributed by atoms with Crippen LogP contribution in [0.15, 0.2) is 24.3 Å². The second kappa shape index (κ2) is 7.39. The molecule has 0 aliphatic heterocycles. The minimum Gasteiger partial charge on any atom is -0.478 e. The van der Waals surface area contributed by atoms with E-state index in [4.69, 9.17) is 5.11 Å². The molecule has 5 nitrogen and oxygen atoms in total. The van der Waals surface area contributed by atoms with Crippen LogP contribution in [0.25, 0.3) is 0 Å². The topological polar surface area (TPSA) is 78.4 Å². The fraction of sp³-hybridized carbons (Fsp3) is 0.500. The van der Waals surface area contributed by atoms with Crippen molar-refractivity contribution in [2.24, 2.45) is 5.92 Å². The molecule has 7 heteroatoms. The van der Waals surface area contributed by atoms with Gasteiger partial charge in [-0.15, -0.1) is 0 Å². The third-order valence-corrected chi connectivity index (χ3v) is 4.07. The Kier molecular flexibility index (Phi) is 5.52. The molecule has 1 aromatic rings. The van der Waals surface area contributed by atoms with Crippen molar-refractivity contribution in [1.82, 2.24) is 10.6 Å². The van der Waals surface area contributed by atoms with Crippen molar-refractivity contribution >= 4 is 12.0 Å². The van der Waals surface area contributed by atoms with Crippen molar-refractivity contribution in [2.75, 3.05) is 6.54 Å². The zero-order valence-corrected chi connectivity index (χ0v) is 12.6. The molecule has 0 aromatic heterocycles. The minimum atomic E-state index is -2.71. The van der Waals surface area contributed by atoms with Crippen molar-refractivity contribution in [3.63, 3.8) is 0 Å². The number of amides is 2. The monoisotopic (exact) mass is 326 g/mol. The van der Waals surface area contributed by atoms with Gasteiger partial charge in [-0.25, -0.2) is 18.4 Å². The highest BCUT2D eigenvalue weighted by Gasteiger charge is 2.41. The molecule has 2 rings (SSSR count). The number of hydrogen-bond acceptors (Lipinski definition) is 2. The summed E-state index contributed by atoms with van der Waals surface area (Å²) >= 11 is 0. The Morgan fingerprint density at radius 2 is 1.87 bits per heavy atom. The van der Waals surface area contributed by atoms with Gasteiger partial charge in [0.1, 0.15) is 0 Å². The number of hydrogen-bond donors (Lipinski definition) is 3. The molecule has 1 unspecified atom stereocenters. The molecular weight excluding hydrogens is 306 g/mol. The molecule has 0 saturated heterocycles. The molecule has 1 aliphatic rings. The van der Waals surface area contributed by atoms with Gasteiger partial charge in [0.2, 0.25) is 0 Å². The third-order valence-electron chi connectivity index (χ3n) is 4.07. The van der Waals surface area contributed by atoms with Crippen molar-refractivity contribution < 1.29 is 23.5 Å². The molecule has 0 radical (unpaired) electrons. The molecule has 1 atom stereocenters. The Balaban J connectivity index is 1.75. The van der Waals surface area contributed by atoms with Crippen molar-refractivity contribution in [3.8, 4) is 0 Å². The maximum absolute atomic E-state index is 13.7. The molecule has 23 heavy (non-hydrogen) atoms. The molecule has 126 valence electrons. The Hall–Kier alpha value is -2.18. The first-order valence-electron chi connectivity index (χ1n) is 7.60. The summed E-state index contributed by atoms with van der Waals surface area (Å²) in [5, 5.41) is 13.8. The number of benzene rings is 1. The molecule has 3 N–H and O–H groups in total. The number of aromatic carboxylic acids is 1. The number of alkyl halides is 2. The second-order valence-electron chi connectivity index (χ2n) is 5.77. The van der Waals surface area contributed by atoms with E-state index >= 15 is 0 Å². The van der Waals surface area contributed by atoms with Crippen LogP contribution in [0.4, 0.5) is 13.6 Å². The van der Waals surface area contributed by atoms with Gasteiger partial charge in [0.05, 0.1) is 5.56 Å². The zero-order valence-electron chi connectivity index (χ0n) is 12.6. The average Bonchev–Trinajstić information content (AvgIpc) is 2.52. The Morgan fingerprint density at radius 1 is 1.17 bits per heavy atom. The van der Waals surface area contributed by atoms with E-state index in [-0.39, 0.29) is 25.1 Å². The summed E-state index contributed by atoms with van der Waals surface area (Å²) in [7, 11) is 0. The van der Waals surface area contributed by atoms with E-state index in [1.807, 2.05) is 0 Å². The maximum atomic E-state index is 13.7. The minimum absolute atomic E-state index is 0.0449. The average molecular weight is 326 g/mol. The molecule has 1 aliphatic carbocycles. The lowest BCUT2D eigenvalue weighted by atomic mass is 9.85. The van der Waals surface area contributed by atoms with Crippen LogP contribution in [0, 0.1) is 5.92 Å². The molecule has 1 saturated carbocycles. The summed E-state index contributed by atoms with van der Waals surface area (Å²) in [6, 6.07) is 5.58. The van der Waals surface area contributed by atoms with Gasteiger partial charge in [-0.05, 0) is 30.5 Å². The highest BCUT2D eigenvalue weighted by molar-refractivity contribution is 5.87. The van der Waals surface area contributed by atoms with Gasteiger partial charge in [-0.1, -0.05) is 18.6 Å². The van der Waals surface area contributed by atoms with E-state index in [0.717, 1.165) is 12.0 Å². The van der Waals surface area contributed by atoms with E-state index < -0.39 is 23.8 Å². The molecule has 0 spiro atoms. The van der Waals surface area contributed by atoms with E-state index in [9.17, 15) is 18.4 Å². The standard InChI is InChI=1S/C16H20F2N2O3/c17-16(18)8-2-1-3-13(16)10-20-15(23)19-9-11-4-6-12(7-5-11)14(21)22/h4-7,13H,1-3,8-10H2,(H,21,22)(H2,19,20,23). The second-order valence-corrected chi connectivity index (χ2v) is 5.77. The SMILES string of the molecule is O=C(NCc1ccc(C(=O)O)cc1)NCC1CCCCC1(F)F. The predicted octanol–water partition coefficient (Wildman–Crippen LogP) is 3.01. The summed E-state index contributed by atoms with van der Waals surface area (Å²) in [4.78, 5) is 22.4. The predicted molar refractivity (Wildman–Crippen MR) is 80.5 cm³/mol. The van der Waals surface area contributed by atoms with Crippen LogP contribution in [-0.4, -0.2) is 29.6 Å². The van der Waals surface area contributed by atoms with E-state index in [2.05, 4.69) is 10.6 Å². The van der Waals surface area contributed by atoms with Crippen molar-refractivity contribution in [1.29, 1.82) is 0 Å². The number of carbonyl (C=O) groups is 2. The first-order chi connectivity index (χ1) is 10.9. The molecule has 1 aromatic carbocycles. The summed E-state index contributed by atoms with van der Waals surface area (Å²) in [6.07, 6.45) is 1.60. The summed E-state index contributed by atoms with van der Waals surface area (Å²) < 4.78 is 27.3. The molecule has 2 amide bonds. The number of carbonyl (C=O) groups excluding carboxylic acids is 1. The van der Waals surface area contributed by atoms with Gasteiger partial charge in [0, 0.05) is 25.4 Å². The fourth-order valence-electron chi connectivity index (χ4n) is 2.64. The van der Waals surface area contributed by atoms with Crippen LogP contribution in [0.3, 0.4) is 0 Å². The first-order valence-corrected chi connectivity index (χ1v) is 7.60. The molecule has 0 heterocycles. The van der Waals surface area contributed by atoms with Crippen LogP contribution >= 0.6 is 0 Å². The summed E-state index contributed by atoms with van der Waals surface area (Å²) in [6.45, 7) is 0.156. The third kappa shape index (κ3) is 4.91. The zero-order chi connectivity index (χ0) is 16.9. The summed E-state index contributed by atoms with van der Waals surface area (Å²) in [5.41, 5.74) is 0.894. The number of carboxylic acids is 1. The van der Waals surface area contributed by atoms with Crippen LogP contribution in [-0.2, 0) is 6.54 Å². The van der Waals surface area contributed by atoms with Crippen LogP contribution in [0.2, 0.25) is 0 Å². The fourth-order valence-corrected chi connectivity index (χ4v) is 2.64. The highest BCUT2D eigenvalue weighted by atomic mass is 19.3. The lowest BCUT2D eigenvalue weighted by Gasteiger charge is -2.31. The lowest BCUT2D eigenvalue weighted by Crippen LogP contribution is -2.43. The number of nitrogens with one attached hydrogen (secondary N) is 2. The van der Waals surface area contributed by atoms with Gasteiger partial charge in [-0.3, -0.25) is 0 Å². The molecule has 0 bridgehead atoms. The number of urea groups is 1. The number of rotatable bonds is 5. The van der Waals surface area contributed by atoms with E-state index in [1.165, 1.54) is 12.1 Å². The number of carboxylic acid groups (broad SMARTS) is 1. The Bertz CT molecular complexity index is 561. The molecular formula is C16H20F2N2O3. The van der Waals surface area contributed by atoms with Gasteiger partial charge >= 0.3 is 12.0 Å². The smallest absolute Gasteiger partial charge is 0.335 e. The number of halogens is 2. The van der Waals surface area contributed by atoms with Gasteiger partial charge in [0.25, 0.3) is 5.92 Å². The first kappa shape index (κ1) is 17.2. The Morgan fingerprint density at radius 3 is 2.48 bits per heavy atom. The largest absolute Gasteiger partial charge is 0.478 e. The van der Waals surface area contributed by atoms with Gasteiger partial charge in [-0.2, -0.15) is 0 Å². The van der Waals surface area contributed by atoms with E-state index in [0.29, 0.717) is 12.8 Å². The Labute approximate surface area is 133 Å². The summed E-state index contributed by atoms with van der Waals surface area (Å²) in [5.74, 6) is -4.54. The normalized spacial score (nSPS) is 19.8. The highest BCUT2D eigenvalue weighted by Crippen LogP contribution is 2.37. The lowest BCUT2D eigenvalue weighted by molar-refractivity contribution is -0.0833. The van der Waals surface area contributed by atoms with Crippen LogP contribution < -0.4 is 10.6 Å².